The van der Waals surface area contributed by atoms with Crippen LogP contribution in [0, 0.1) is 6.92 Å². The third-order valence-electron chi connectivity index (χ3n) is 2.29. The Morgan fingerprint density at radius 3 is 2.93 bits per heavy atom. The van der Waals surface area contributed by atoms with Gasteiger partial charge in [-0.3, -0.25) is 0 Å². The van der Waals surface area contributed by atoms with Crippen molar-refractivity contribution in [2.24, 2.45) is 0 Å². The lowest BCUT2D eigenvalue weighted by Crippen LogP contribution is -1.93. The molecule has 1 aromatic heterocycles. The zero-order chi connectivity index (χ0) is 9.97. The topological polar surface area (TPSA) is 54.7 Å². The Hall–Kier alpha value is -1.77. The summed E-state index contributed by atoms with van der Waals surface area (Å²) in [5, 5.41) is 0. The van der Waals surface area contributed by atoms with E-state index in [1.54, 1.807) is 6.33 Å². The summed E-state index contributed by atoms with van der Waals surface area (Å²) in [7, 11) is 0. The highest BCUT2D eigenvalue weighted by Crippen LogP contribution is 2.14. The number of imidazole rings is 1. The van der Waals surface area contributed by atoms with Crippen LogP contribution in [0.3, 0.4) is 0 Å². The Morgan fingerprint density at radius 1 is 1.43 bits per heavy atom. The van der Waals surface area contributed by atoms with Gasteiger partial charge >= 0.3 is 0 Å². The lowest BCUT2D eigenvalue weighted by Gasteiger charge is -2.03. The van der Waals surface area contributed by atoms with Gasteiger partial charge < -0.3 is 10.7 Å². The number of H-pyrrole nitrogens is 1. The van der Waals surface area contributed by atoms with Crippen molar-refractivity contribution in [2.75, 3.05) is 5.73 Å². The molecule has 0 bridgehead atoms. The van der Waals surface area contributed by atoms with Gasteiger partial charge in [0.2, 0.25) is 0 Å². The predicted molar refractivity (Wildman–Crippen MR) is 57.0 cm³/mol. The summed E-state index contributed by atoms with van der Waals surface area (Å²) in [5.41, 5.74) is 10.1. The average Bonchev–Trinajstić information content (AvgIpc) is 2.64. The number of nitrogens with zero attached hydrogens (tertiary/aromatic N) is 1. The number of nitrogens with two attached hydrogens (primary N) is 1. The molecular formula is C11H13N3. The van der Waals surface area contributed by atoms with Crippen LogP contribution in [0.4, 0.5) is 5.69 Å². The normalized spacial score (nSPS) is 10.4. The number of anilines is 1. The number of hydrogen-bond donors (Lipinski definition) is 2. The predicted octanol–water partition coefficient (Wildman–Crippen LogP) is 1.89. The number of hydrogen-bond acceptors (Lipinski definition) is 2. The zero-order valence-electron chi connectivity index (χ0n) is 8.12. The highest BCUT2D eigenvalue weighted by atomic mass is 14.9. The quantitative estimate of drug-likeness (QED) is 0.705. The number of aryl methyl sites for hydroxylation is 1. The molecule has 3 nitrogen and oxygen atoms in total. The van der Waals surface area contributed by atoms with Crippen molar-refractivity contribution in [2.45, 2.75) is 13.3 Å². The van der Waals surface area contributed by atoms with Crippen LogP contribution in [0.15, 0.2) is 30.7 Å². The van der Waals surface area contributed by atoms with E-state index in [0.29, 0.717) is 0 Å². The number of nitrogens with one attached hydrogen (secondary N) is 1. The minimum absolute atomic E-state index is 0.849. The SMILES string of the molecule is Cc1ccc(Cc2cnc[nH]2)cc1N. The summed E-state index contributed by atoms with van der Waals surface area (Å²) in [4.78, 5) is 7.04. The molecule has 0 saturated heterocycles. The Kier molecular flexibility index (Phi) is 2.23. The molecule has 14 heavy (non-hydrogen) atoms. The molecule has 3 heteroatoms. The summed E-state index contributed by atoms with van der Waals surface area (Å²) in [6.07, 6.45) is 4.37. The zero-order valence-corrected chi connectivity index (χ0v) is 8.12. The Bertz CT molecular complexity index is 418. The first-order chi connectivity index (χ1) is 6.75. The van der Waals surface area contributed by atoms with Crippen molar-refractivity contribution < 1.29 is 0 Å². The van der Waals surface area contributed by atoms with Crippen molar-refractivity contribution in [3.63, 3.8) is 0 Å². The van der Waals surface area contributed by atoms with Gasteiger partial charge in [-0.15, -0.1) is 0 Å². The van der Waals surface area contributed by atoms with Gasteiger partial charge in [-0.1, -0.05) is 12.1 Å². The third-order valence-corrected chi connectivity index (χ3v) is 2.29. The summed E-state index contributed by atoms with van der Waals surface area (Å²) < 4.78 is 0. The summed E-state index contributed by atoms with van der Waals surface area (Å²) in [6.45, 7) is 2.01. The highest BCUT2D eigenvalue weighted by Gasteiger charge is 1.99. The van der Waals surface area contributed by atoms with Crippen LogP contribution >= 0.6 is 0 Å². The smallest absolute Gasteiger partial charge is 0.0921 e. The van der Waals surface area contributed by atoms with Gasteiger partial charge in [-0.2, -0.15) is 0 Å². The Morgan fingerprint density at radius 2 is 2.29 bits per heavy atom. The van der Waals surface area contributed by atoms with E-state index in [1.165, 1.54) is 5.56 Å². The summed E-state index contributed by atoms with van der Waals surface area (Å²) in [6, 6.07) is 6.14. The van der Waals surface area contributed by atoms with Crippen LogP contribution in [0.1, 0.15) is 16.8 Å². The molecule has 1 heterocycles. The summed E-state index contributed by atoms with van der Waals surface area (Å²) >= 11 is 0. The Balaban J connectivity index is 2.22. The molecule has 0 fully saturated rings. The molecule has 0 aliphatic heterocycles. The monoisotopic (exact) mass is 187 g/mol. The molecule has 0 saturated carbocycles. The molecule has 0 radical (unpaired) electrons. The van der Waals surface area contributed by atoms with E-state index in [1.807, 2.05) is 25.3 Å². The largest absolute Gasteiger partial charge is 0.399 e. The number of aromatic amines is 1. The second kappa shape index (κ2) is 3.54. The molecule has 0 aliphatic carbocycles. The highest BCUT2D eigenvalue weighted by molar-refractivity contribution is 5.48. The maximum atomic E-state index is 5.82. The fourth-order valence-electron chi connectivity index (χ4n) is 1.40. The van der Waals surface area contributed by atoms with Crippen molar-refractivity contribution >= 4 is 5.69 Å². The van der Waals surface area contributed by atoms with Gasteiger partial charge in [-0.25, -0.2) is 4.98 Å². The lowest BCUT2D eigenvalue weighted by atomic mass is 10.1. The fraction of sp³-hybridized carbons (Fsp3) is 0.182. The van der Waals surface area contributed by atoms with Gasteiger partial charge in [0.1, 0.15) is 0 Å². The first kappa shape index (κ1) is 8.81. The van der Waals surface area contributed by atoms with Crippen LogP contribution in [-0.2, 0) is 6.42 Å². The van der Waals surface area contributed by atoms with Gasteiger partial charge in [-0.05, 0) is 24.1 Å². The third kappa shape index (κ3) is 1.76. The van der Waals surface area contributed by atoms with Crippen molar-refractivity contribution in [1.82, 2.24) is 9.97 Å². The number of aromatic nitrogens is 2. The number of rotatable bonds is 2. The first-order valence-corrected chi connectivity index (χ1v) is 4.58. The molecule has 0 unspecified atom stereocenters. The van der Waals surface area contributed by atoms with Crippen LogP contribution in [0.5, 0.6) is 0 Å². The fourth-order valence-corrected chi connectivity index (χ4v) is 1.40. The van der Waals surface area contributed by atoms with Gasteiger partial charge in [0.15, 0.2) is 0 Å². The minimum Gasteiger partial charge on any atom is -0.399 e. The standard InChI is InChI=1S/C11H13N3/c1-8-2-3-9(5-11(8)12)4-10-6-13-7-14-10/h2-3,5-7H,4,12H2,1H3,(H,13,14). The molecule has 2 aromatic rings. The van der Waals surface area contributed by atoms with Crippen LogP contribution in [0.25, 0.3) is 0 Å². The van der Waals surface area contributed by atoms with Crippen LogP contribution in [-0.4, -0.2) is 9.97 Å². The van der Waals surface area contributed by atoms with E-state index >= 15 is 0 Å². The van der Waals surface area contributed by atoms with Gasteiger partial charge in [0.05, 0.1) is 6.33 Å². The average molecular weight is 187 g/mol. The molecule has 3 N–H and O–H groups in total. The molecule has 0 spiro atoms. The number of benzene rings is 1. The maximum Gasteiger partial charge on any atom is 0.0921 e. The number of nitrogen functional groups attached to an aromatic ring is 1. The van der Waals surface area contributed by atoms with Crippen molar-refractivity contribution in [3.8, 4) is 0 Å². The maximum absolute atomic E-state index is 5.82. The van der Waals surface area contributed by atoms with Gasteiger partial charge in [0.25, 0.3) is 0 Å². The molecular weight excluding hydrogens is 174 g/mol. The van der Waals surface area contributed by atoms with E-state index in [2.05, 4.69) is 16.0 Å². The minimum atomic E-state index is 0.849. The van der Waals surface area contributed by atoms with Crippen molar-refractivity contribution in [1.29, 1.82) is 0 Å². The molecule has 1 aromatic carbocycles. The molecule has 0 amide bonds. The molecule has 0 atom stereocenters. The second-order valence-electron chi connectivity index (χ2n) is 3.44. The molecule has 0 aliphatic rings. The second-order valence-corrected chi connectivity index (χ2v) is 3.44. The Labute approximate surface area is 83.0 Å². The molecule has 2 rings (SSSR count). The summed E-state index contributed by atoms with van der Waals surface area (Å²) in [5.74, 6) is 0. The van der Waals surface area contributed by atoms with E-state index in [-0.39, 0.29) is 0 Å². The van der Waals surface area contributed by atoms with Gasteiger partial charge in [0, 0.05) is 24.0 Å². The van der Waals surface area contributed by atoms with E-state index < -0.39 is 0 Å². The van der Waals surface area contributed by atoms with E-state index in [9.17, 15) is 0 Å². The van der Waals surface area contributed by atoms with E-state index in [0.717, 1.165) is 23.4 Å². The van der Waals surface area contributed by atoms with Crippen LogP contribution in [0.2, 0.25) is 0 Å². The van der Waals surface area contributed by atoms with Crippen LogP contribution < -0.4 is 5.73 Å². The molecule has 72 valence electrons. The van der Waals surface area contributed by atoms with E-state index in [4.69, 9.17) is 5.73 Å². The van der Waals surface area contributed by atoms with Crippen molar-refractivity contribution in [3.05, 3.63) is 47.5 Å². The first-order valence-electron chi connectivity index (χ1n) is 4.58. The lowest BCUT2D eigenvalue weighted by molar-refractivity contribution is 1.11.